The molecule has 2 saturated carbocycles. The van der Waals surface area contributed by atoms with Gasteiger partial charge in [0.05, 0.1) is 26.4 Å². The summed E-state index contributed by atoms with van der Waals surface area (Å²) in [5.74, 6) is 1.19. The molecule has 0 spiro atoms. The Balaban J connectivity index is 0.000000153. The van der Waals surface area contributed by atoms with Gasteiger partial charge >= 0.3 is 0 Å². The average molecular weight is 240 g/mol. The van der Waals surface area contributed by atoms with Gasteiger partial charge < -0.3 is 9.47 Å². The molecule has 3 fully saturated rings. The van der Waals surface area contributed by atoms with Crippen molar-refractivity contribution in [1.82, 2.24) is 0 Å². The number of hydrogen-bond acceptors (Lipinski definition) is 3. The van der Waals surface area contributed by atoms with E-state index in [1.54, 1.807) is 0 Å². The number of carbonyl (C=O) groups is 1. The lowest BCUT2D eigenvalue weighted by atomic mass is 9.70. The van der Waals surface area contributed by atoms with Gasteiger partial charge in [-0.3, -0.25) is 4.79 Å². The molecule has 3 aliphatic rings. The standard InChI is InChI=1S/C10H16O.C4H8O2/c1-9(2)7-4-5-10(9,3)8(11)6-7;1-2-6-4-3-5-1/h7H,4-6H2,1-3H3;1-4H2. The first-order valence-corrected chi connectivity index (χ1v) is 6.67. The highest BCUT2D eigenvalue weighted by atomic mass is 16.6. The third kappa shape index (κ3) is 2.15. The van der Waals surface area contributed by atoms with Crippen LogP contribution in [0.4, 0.5) is 0 Å². The summed E-state index contributed by atoms with van der Waals surface area (Å²) in [5, 5.41) is 0. The first kappa shape index (κ1) is 13.0. The van der Waals surface area contributed by atoms with Crippen LogP contribution in [0.3, 0.4) is 0 Å². The molecule has 3 heteroatoms. The molecular formula is C14H24O3. The van der Waals surface area contributed by atoms with Crippen molar-refractivity contribution in [2.24, 2.45) is 16.7 Å². The Kier molecular flexibility index (Phi) is 3.60. The number of ether oxygens (including phenoxy) is 2. The predicted molar refractivity (Wildman–Crippen MR) is 65.9 cm³/mol. The zero-order chi connectivity index (χ0) is 12.5. The maximum absolute atomic E-state index is 11.6. The second-order valence-corrected chi connectivity index (χ2v) is 6.14. The molecule has 0 aromatic carbocycles. The van der Waals surface area contributed by atoms with Gasteiger partial charge in [-0.1, -0.05) is 20.8 Å². The van der Waals surface area contributed by atoms with Crippen LogP contribution in [0.1, 0.15) is 40.0 Å². The lowest BCUT2D eigenvalue weighted by molar-refractivity contribution is -0.128. The number of Topliss-reactive ketones (excluding diaryl/α,β-unsaturated/α-hetero) is 1. The summed E-state index contributed by atoms with van der Waals surface area (Å²) in [6.07, 6.45) is 3.25. The largest absolute Gasteiger partial charge is 0.377 e. The molecule has 0 aromatic heterocycles. The van der Waals surface area contributed by atoms with Gasteiger partial charge in [0.15, 0.2) is 0 Å². The predicted octanol–water partition coefficient (Wildman–Crippen LogP) is 2.43. The van der Waals surface area contributed by atoms with Gasteiger partial charge in [0, 0.05) is 11.8 Å². The van der Waals surface area contributed by atoms with Crippen molar-refractivity contribution >= 4 is 5.78 Å². The molecule has 2 bridgehead atoms. The highest BCUT2D eigenvalue weighted by Gasteiger charge is 2.61. The fourth-order valence-electron chi connectivity index (χ4n) is 3.34. The monoisotopic (exact) mass is 240 g/mol. The molecule has 0 aromatic rings. The Bertz CT molecular complexity index is 282. The Labute approximate surface area is 104 Å². The number of ketones is 1. The Morgan fingerprint density at radius 3 is 1.76 bits per heavy atom. The zero-order valence-corrected chi connectivity index (χ0v) is 11.3. The minimum absolute atomic E-state index is 0.0255. The van der Waals surface area contributed by atoms with Crippen LogP contribution in [0.15, 0.2) is 0 Å². The van der Waals surface area contributed by atoms with Crippen LogP contribution in [0.2, 0.25) is 0 Å². The molecule has 3 rings (SSSR count). The summed E-state index contributed by atoms with van der Waals surface area (Å²) in [6.45, 7) is 9.79. The van der Waals surface area contributed by atoms with E-state index < -0.39 is 0 Å². The van der Waals surface area contributed by atoms with E-state index in [9.17, 15) is 4.79 Å². The van der Waals surface area contributed by atoms with Crippen molar-refractivity contribution in [3.05, 3.63) is 0 Å². The summed E-state index contributed by atoms with van der Waals surface area (Å²) in [7, 11) is 0. The quantitative estimate of drug-likeness (QED) is 0.652. The Morgan fingerprint density at radius 1 is 1.06 bits per heavy atom. The first-order valence-electron chi connectivity index (χ1n) is 6.67. The molecule has 1 saturated heterocycles. The minimum atomic E-state index is 0.0255. The Morgan fingerprint density at radius 2 is 1.59 bits per heavy atom. The normalized spacial score (nSPS) is 38.8. The number of rotatable bonds is 0. The fraction of sp³-hybridized carbons (Fsp3) is 0.929. The van der Waals surface area contributed by atoms with E-state index in [2.05, 4.69) is 20.8 Å². The second-order valence-electron chi connectivity index (χ2n) is 6.14. The van der Waals surface area contributed by atoms with Crippen molar-refractivity contribution in [1.29, 1.82) is 0 Å². The molecule has 0 N–H and O–H groups in total. The Hall–Kier alpha value is -0.410. The van der Waals surface area contributed by atoms with E-state index in [4.69, 9.17) is 9.47 Å². The molecule has 2 aliphatic carbocycles. The third-order valence-electron chi connectivity index (χ3n) is 5.23. The van der Waals surface area contributed by atoms with Crippen LogP contribution in [-0.2, 0) is 14.3 Å². The van der Waals surface area contributed by atoms with Crippen LogP contribution in [0, 0.1) is 16.7 Å². The number of carbonyl (C=O) groups excluding carboxylic acids is 1. The van der Waals surface area contributed by atoms with E-state index in [0.717, 1.165) is 39.3 Å². The van der Waals surface area contributed by atoms with Gasteiger partial charge in [0.1, 0.15) is 5.78 Å². The molecular weight excluding hydrogens is 216 g/mol. The van der Waals surface area contributed by atoms with Gasteiger partial charge in [-0.25, -0.2) is 0 Å². The summed E-state index contributed by atoms with van der Waals surface area (Å²) >= 11 is 0. The van der Waals surface area contributed by atoms with Crippen LogP contribution in [-0.4, -0.2) is 32.2 Å². The van der Waals surface area contributed by atoms with Crippen molar-refractivity contribution in [3.63, 3.8) is 0 Å². The number of fused-ring (bicyclic) bond motifs is 2. The zero-order valence-electron chi connectivity index (χ0n) is 11.3. The van der Waals surface area contributed by atoms with Crippen molar-refractivity contribution in [2.75, 3.05) is 26.4 Å². The maximum Gasteiger partial charge on any atom is 0.139 e. The molecule has 1 aliphatic heterocycles. The van der Waals surface area contributed by atoms with Crippen LogP contribution >= 0.6 is 0 Å². The molecule has 0 radical (unpaired) electrons. The van der Waals surface area contributed by atoms with Gasteiger partial charge in [-0.05, 0) is 24.2 Å². The van der Waals surface area contributed by atoms with Crippen molar-refractivity contribution < 1.29 is 14.3 Å². The minimum Gasteiger partial charge on any atom is -0.377 e. The topological polar surface area (TPSA) is 35.5 Å². The molecule has 17 heavy (non-hydrogen) atoms. The lowest BCUT2D eigenvalue weighted by Gasteiger charge is -2.32. The lowest BCUT2D eigenvalue weighted by Crippen LogP contribution is -2.32. The van der Waals surface area contributed by atoms with Gasteiger partial charge in [-0.2, -0.15) is 0 Å². The molecule has 2 atom stereocenters. The summed E-state index contributed by atoms with van der Waals surface area (Å²) in [4.78, 5) is 11.6. The summed E-state index contributed by atoms with van der Waals surface area (Å²) in [5.41, 5.74) is 0.307. The molecule has 2 unspecified atom stereocenters. The van der Waals surface area contributed by atoms with E-state index >= 15 is 0 Å². The van der Waals surface area contributed by atoms with Crippen molar-refractivity contribution in [3.8, 4) is 0 Å². The summed E-state index contributed by atoms with van der Waals surface area (Å²) < 4.78 is 9.89. The van der Waals surface area contributed by atoms with Crippen LogP contribution < -0.4 is 0 Å². The maximum atomic E-state index is 11.6. The van der Waals surface area contributed by atoms with E-state index in [1.807, 2.05) is 0 Å². The van der Waals surface area contributed by atoms with Gasteiger partial charge in [-0.15, -0.1) is 0 Å². The highest BCUT2D eigenvalue weighted by molar-refractivity contribution is 5.89. The molecule has 98 valence electrons. The van der Waals surface area contributed by atoms with E-state index in [1.165, 1.54) is 6.42 Å². The third-order valence-corrected chi connectivity index (χ3v) is 5.23. The average Bonchev–Trinajstić information content (AvgIpc) is 2.65. The second kappa shape index (κ2) is 4.69. The molecule has 0 amide bonds. The first-order chi connectivity index (χ1) is 7.98. The van der Waals surface area contributed by atoms with Gasteiger partial charge in [0.2, 0.25) is 0 Å². The van der Waals surface area contributed by atoms with E-state index in [-0.39, 0.29) is 10.8 Å². The van der Waals surface area contributed by atoms with Crippen molar-refractivity contribution in [2.45, 2.75) is 40.0 Å². The highest BCUT2D eigenvalue weighted by Crippen LogP contribution is 2.63. The van der Waals surface area contributed by atoms with Crippen LogP contribution in [0.25, 0.3) is 0 Å². The SMILES string of the molecule is C1COCCO1.CC12CCC(CC1=O)C2(C)C. The summed E-state index contributed by atoms with van der Waals surface area (Å²) in [6, 6.07) is 0. The van der Waals surface area contributed by atoms with Crippen LogP contribution in [0.5, 0.6) is 0 Å². The molecule has 1 heterocycles. The van der Waals surface area contributed by atoms with E-state index in [0.29, 0.717) is 11.7 Å². The van der Waals surface area contributed by atoms with Gasteiger partial charge in [0.25, 0.3) is 0 Å². The number of hydrogen-bond donors (Lipinski definition) is 0. The fourth-order valence-corrected chi connectivity index (χ4v) is 3.34. The molecule has 3 nitrogen and oxygen atoms in total. The smallest absolute Gasteiger partial charge is 0.139 e.